The summed E-state index contributed by atoms with van der Waals surface area (Å²) in [6.07, 6.45) is 3.25. The highest BCUT2D eigenvalue weighted by atomic mass is 16.5. The van der Waals surface area contributed by atoms with E-state index in [1.165, 1.54) is 5.69 Å². The van der Waals surface area contributed by atoms with Crippen LogP contribution < -0.4 is 10.6 Å². The minimum absolute atomic E-state index is 0.282. The van der Waals surface area contributed by atoms with Crippen molar-refractivity contribution in [2.24, 2.45) is 10.7 Å². The fourth-order valence-electron chi connectivity index (χ4n) is 2.56. The summed E-state index contributed by atoms with van der Waals surface area (Å²) in [5.41, 5.74) is 9.04. The molecule has 1 aromatic carbocycles. The molecule has 0 atom stereocenters. The lowest BCUT2D eigenvalue weighted by atomic mass is 10.1. The number of nitrogens with zero attached hydrogens (tertiary/aromatic N) is 2. The number of nitrogens with two attached hydrogens (primary N) is 1. The molecule has 3 N–H and O–H groups in total. The first-order valence-electron chi connectivity index (χ1n) is 7.73. The lowest BCUT2D eigenvalue weighted by molar-refractivity contribution is 0.300. The summed E-state index contributed by atoms with van der Waals surface area (Å²) in [5, 5.41) is 7.99. The maximum absolute atomic E-state index is 7.99. The maximum Gasteiger partial charge on any atom is 0.144 e. The van der Waals surface area contributed by atoms with Gasteiger partial charge in [-0.05, 0) is 51.1 Å². The van der Waals surface area contributed by atoms with E-state index >= 15 is 0 Å². The molecule has 5 heteroatoms. The molecule has 2 rings (SSSR count). The molecule has 0 fully saturated rings. The molecule has 0 saturated heterocycles. The normalized spacial score (nSPS) is 16.4. The second-order valence-corrected chi connectivity index (χ2v) is 5.62. The largest absolute Gasteiger partial charge is 0.495 e. The zero-order valence-electron chi connectivity index (χ0n) is 14.1. The Labute approximate surface area is 137 Å². The molecule has 0 saturated carbocycles. The van der Waals surface area contributed by atoms with Gasteiger partial charge in [0.25, 0.3) is 0 Å². The van der Waals surface area contributed by atoms with Crippen LogP contribution in [0.15, 0.2) is 52.9 Å². The SMILES string of the molecule is CCN(c1ccc(N=C2C=C(OC)C(N)=CC2=N)cc1)C(C)C. The van der Waals surface area contributed by atoms with Crippen LogP contribution in [0.4, 0.5) is 11.4 Å². The number of benzene rings is 1. The molecule has 1 aromatic rings. The summed E-state index contributed by atoms with van der Waals surface area (Å²) in [7, 11) is 1.55. The van der Waals surface area contributed by atoms with E-state index in [-0.39, 0.29) is 5.71 Å². The fourth-order valence-corrected chi connectivity index (χ4v) is 2.56. The van der Waals surface area contributed by atoms with Crippen LogP contribution in [-0.2, 0) is 4.74 Å². The lowest BCUT2D eigenvalue weighted by Crippen LogP contribution is -2.30. The van der Waals surface area contributed by atoms with E-state index in [1.807, 2.05) is 12.1 Å². The molecular formula is C18H24N4O. The van der Waals surface area contributed by atoms with Crippen LogP contribution in [0, 0.1) is 5.41 Å². The van der Waals surface area contributed by atoms with Gasteiger partial charge in [0, 0.05) is 24.4 Å². The first-order valence-corrected chi connectivity index (χ1v) is 7.73. The van der Waals surface area contributed by atoms with Gasteiger partial charge in [0.2, 0.25) is 0 Å². The standard InChI is InChI=1S/C18H24N4O/c1-5-22(12(2)3)14-8-6-13(7-9-14)21-17-11-18(23-4)16(20)10-15(17)19/h6-12,19H,5,20H2,1-4H3. The number of hydrogen-bond donors (Lipinski definition) is 2. The molecule has 0 unspecified atom stereocenters. The Bertz CT molecular complexity index is 669. The van der Waals surface area contributed by atoms with E-state index < -0.39 is 0 Å². The zero-order chi connectivity index (χ0) is 17.0. The number of ether oxygens (including phenoxy) is 1. The Morgan fingerprint density at radius 1 is 1.22 bits per heavy atom. The molecule has 0 aliphatic heterocycles. The highest BCUT2D eigenvalue weighted by Crippen LogP contribution is 2.23. The van der Waals surface area contributed by atoms with Crippen LogP contribution in [0.3, 0.4) is 0 Å². The van der Waals surface area contributed by atoms with E-state index in [0.717, 1.165) is 12.2 Å². The minimum atomic E-state index is 0.282. The molecule has 0 bridgehead atoms. The summed E-state index contributed by atoms with van der Waals surface area (Å²) in [6.45, 7) is 7.45. The predicted molar refractivity (Wildman–Crippen MR) is 96.8 cm³/mol. The van der Waals surface area contributed by atoms with Crippen molar-refractivity contribution in [3.05, 3.63) is 47.9 Å². The molecular weight excluding hydrogens is 288 g/mol. The average Bonchev–Trinajstić information content (AvgIpc) is 2.52. The van der Waals surface area contributed by atoms with E-state index in [4.69, 9.17) is 15.9 Å². The molecule has 23 heavy (non-hydrogen) atoms. The summed E-state index contributed by atoms with van der Waals surface area (Å²) in [6, 6.07) is 8.48. The van der Waals surface area contributed by atoms with Crippen molar-refractivity contribution in [3.8, 4) is 0 Å². The smallest absolute Gasteiger partial charge is 0.144 e. The maximum atomic E-state index is 7.99. The first kappa shape index (κ1) is 16.8. The number of aliphatic imine (C=N–C) groups is 1. The summed E-state index contributed by atoms with van der Waals surface area (Å²) in [4.78, 5) is 6.83. The van der Waals surface area contributed by atoms with Crippen LogP contribution in [0.2, 0.25) is 0 Å². The van der Waals surface area contributed by atoms with Gasteiger partial charge in [-0.25, -0.2) is 4.99 Å². The van der Waals surface area contributed by atoms with Crippen molar-refractivity contribution in [1.82, 2.24) is 0 Å². The molecule has 1 aliphatic rings. The van der Waals surface area contributed by atoms with Crippen LogP contribution in [-0.4, -0.2) is 31.1 Å². The predicted octanol–water partition coefficient (Wildman–Crippen LogP) is 3.40. The van der Waals surface area contributed by atoms with Crippen LogP contribution in [0.1, 0.15) is 20.8 Å². The van der Waals surface area contributed by atoms with Crippen LogP contribution in [0.5, 0.6) is 0 Å². The number of nitrogens with one attached hydrogen (secondary N) is 1. The second-order valence-electron chi connectivity index (χ2n) is 5.62. The molecule has 0 radical (unpaired) electrons. The van der Waals surface area contributed by atoms with E-state index in [1.54, 1.807) is 19.3 Å². The zero-order valence-corrected chi connectivity index (χ0v) is 14.1. The Morgan fingerprint density at radius 3 is 2.39 bits per heavy atom. The quantitative estimate of drug-likeness (QED) is 0.818. The molecule has 1 aliphatic carbocycles. The van der Waals surface area contributed by atoms with E-state index in [2.05, 4.69) is 42.8 Å². The third-order valence-corrected chi connectivity index (χ3v) is 3.74. The van der Waals surface area contributed by atoms with Gasteiger partial charge in [-0.3, -0.25) is 5.41 Å². The van der Waals surface area contributed by atoms with Gasteiger partial charge in [-0.15, -0.1) is 0 Å². The van der Waals surface area contributed by atoms with Gasteiger partial charge in [-0.2, -0.15) is 0 Å². The van der Waals surface area contributed by atoms with Gasteiger partial charge in [0.15, 0.2) is 0 Å². The molecule has 5 nitrogen and oxygen atoms in total. The third kappa shape index (κ3) is 3.80. The van der Waals surface area contributed by atoms with Crippen molar-refractivity contribution in [3.63, 3.8) is 0 Å². The van der Waals surface area contributed by atoms with Gasteiger partial charge < -0.3 is 15.4 Å². The Balaban J connectivity index is 2.27. The highest BCUT2D eigenvalue weighted by Gasteiger charge is 2.15. The second kappa shape index (κ2) is 7.13. The van der Waals surface area contributed by atoms with E-state index in [9.17, 15) is 0 Å². The Morgan fingerprint density at radius 2 is 1.87 bits per heavy atom. The average molecular weight is 312 g/mol. The summed E-state index contributed by atoms with van der Waals surface area (Å²) in [5.74, 6) is 0.535. The molecule has 0 spiro atoms. The monoisotopic (exact) mass is 312 g/mol. The van der Waals surface area contributed by atoms with Gasteiger partial charge in [0.05, 0.1) is 29.9 Å². The third-order valence-electron chi connectivity index (χ3n) is 3.74. The van der Waals surface area contributed by atoms with Crippen molar-refractivity contribution in [2.75, 3.05) is 18.6 Å². The van der Waals surface area contributed by atoms with Crippen LogP contribution >= 0.6 is 0 Å². The Kier molecular flexibility index (Phi) is 5.21. The molecule has 0 amide bonds. The van der Waals surface area contributed by atoms with Gasteiger partial charge in [-0.1, -0.05) is 0 Å². The van der Waals surface area contributed by atoms with E-state index in [0.29, 0.717) is 23.2 Å². The fraction of sp³-hybridized carbons (Fsp3) is 0.333. The van der Waals surface area contributed by atoms with Crippen molar-refractivity contribution in [2.45, 2.75) is 26.8 Å². The first-order chi connectivity index (χ1) is 11.0. The lowest BCUT2D eigenvalue weighted by Gasteiger charge is -2.27. The molecule has 0 heterocycles. The number of anilines is 1. The topological polar surface area (TPSA) is 74.7 Å². The summed E-state index contributed by atoms with van der Waals surface area (Å²) < 4.78 is 5.19. The number of hydrogen-bond acceptors (Lipinski definition) is 5. The van der Waals surface area contributed by atoms with Gasteiger partial charge >= 0.3 is 0 Å². The van der Waals surface area contributed by atoms with Crippen molar-refractivity contribution in [1.29, 1.82) is 5.41 Å². The number of allylic oxidation sites excluding steroid dienone is 2. The van der Waals surface area contributed by atoms with Gasteiger partial charge in [0.1, 0.15) is 5.76 Å². The molecule has 0 aromatic heterocycles. The van der Waals surface area contributed by atoms with Crippen LogP contribution in [0.25, 0.3) is 0 Å². The molecule has 122 valence electrons. The number of rotatable bonds is 5. The Hall–Kier alpha value is -2.56. The minimum Gasteiger partial charge on any atom is -0.495 e. The number of methoxy groups -OCH3 is 1. The van der Waals surface area contributed by atoms with Crippen molar-refractivity contribution >= 4 is 22.8 Å². The summed E-state index contributed by atoms with van der Waals surface area (Å²) >= 11 is 0. The highest BCUT2D eigenvalue weighted by molar-refractivity contribution is 6.50. The van der Waals surface area contributed by atoms with Crippen molar-refractivity contribution < 1.29 is 4.74 Å².